The molecule has 0 spiro atoms. The summed E-state index contributed by atoms with van der Waals surface area (Å²) in [7, 11) is 1.82. The quantitative estimate of drug-likeness (QED) is 0.661. The lowest BCUT2D eigenvalue weighted by Crippen LogP contribution is -2.40. The zero-order valence-electron chi connectivity index (χ0n) is 17.2. The Labute approximate surface area is 170 Å². The Hall–Kier alpha value is -2.73. The number of nitrogens with zero attached hydrogens (tertiary/aromatic N) is 4. The van der Waals surface area contributed by atoms with Gasteiger partial charge in [0, 0.05) is 43.3 Å². The first kappa shape index (κ1) is 19.6. The normalized spacial score (nSPS) is 17.3. The number of hydrogen-bond donors (Lipinski definition) is 0. The average Bonchev–Trinajstić information content (AvgIpc) is 3.36. The first-order chi connectivity index (χ1) is 13.9. The number of halogens is 1. The van der Waals surface area contributed by atoms with Crippen LogP contribution in [0.2, 0.25) is 0 Å². The first-order valence-corrected chi connectivity index (χ1v) is 10.1. The second kappa shape index (κ2) is 7.95. The van der Waals surface area contributed by atoms with Gasteiger partial charge in [0.05, 0.1) is 23.9 Å². The molecule has 29 heavy (non-hydrogen) atoms. The Balaban J connectivity index is 1.49. The minimum absolute atomic E-state index is 0.126. The van der Waals surface area contributed by atoms with Crippen LogP contribution in [0.3, 0.4) is 0 Å². The van der Waals surface area contributed by atoms with Gasteiger partial charge in [0.15, 0.2) is 0 Å². The van der Waals surface area contributed by atoms with Crippen molar-refractivity contribution in [3.8, 4) is 0 Å². The number of benzene rings is 2. The molecule has 1 aromatic heterocycles. The van der Waals surface area contributed by atoms with Crippen LogP contribution in [0.5, 0.6) is 0 Å². The molecule has 1 atom stereocenters. The highest BCUT2D eigenvalue weighted by atomic mass is 19.1. The van der Waals surface area contributed by atoms with Gasteiger partial charge in [0.1, 0.15) is 5.82 Å². The van der Waals surface area contributed by atoms with Gasteiger partial charge in [0.2, 0.25) is 0 Å². The van der Waals surface area contributed by atoms with Gasteiger partial charge < -0.3 is 9.47 Å². The minimum Gasteiger partial charge on any atom is -0.337 e. The summed E-state index contributed by atoms with van der Waals surface area (Å²) in [6.07, 6.45) is 2.67. The van der Waals surface area contributed by atoms with Crippen LogP contribution >= 0.6 is 0 Å². The standard InChI is InChI=1S/C23H27FN4O/c1-16(2)27-11-10-19(14-27)26(3)23(29)17-8-9-18(20(24)12-17)13-28-15-25-21-6-4-5-7-22(21)28/h4-9,12,15-16,19H,10-11,13-14H2,1-3H3/t19-/m1/s1. The Morgan fingerprint density at radius 3 is 2.79 bits per heavy atom. The van der Waals surface area contributed by atoms with Crippen LogP contribution < -0.4 is 0 Å². The maximum absolute atomic E-state index is 14.8. The van der Waals surface area contributed by atoms with Crippen LogP contribution in [0.15, 0.2) is 48.8 Å². The van der Waals surface area contributed by atoms with Gasteiger partial charge in [-0.25, -0.2) is 9.37 Å². The van der Waals surface area contributed by atoms with E-state index in [1.807, 2.05) is 35.9 Å². The smallest absolute Gasteiger partial charge is 0.253 e. The fourth-order valence-electron chi connectivity index (χ4n) is 4.05. The molecule has 1 aliphatic heterocycles. The number of imidazole rings is 1. The van der Waals surface area contributed by atoms with Crippen molar-refractivity contribution in [1.82, 2.24) is 19.4 Å². The second-order valence-electron chi connectivity index (χ2n) is 8.11. The molecule has 1 amide bonds. The van der Waals surface area contributed by atoms with Crippen LogP contribution in [0.25, 0.3) is 11.0 Å². The molecule has 0 N–H and O–H groups in total. The summed E-state index contributed by atoms with van der Waals surface area (Å²) >= 11 is 0. The lowest BCUT2D eigenvalue weighted by molar-refractivity contribution is 0.0731. The van der Waals surface area contributed by atoms with Crippen LogP contribution in [0.4, 0.5) is 4.39 Å². The Morgan fingerprint density at radius 2 is 2.07 bits per heavy atom. The molecule has 0 aliphatic carbocycles. The number of rotatable bonds is 5. The van der Waals surface area contributed by atoms with Gasteiger partial charge in [-0.1, -0.05) is 18.2 Å². The summed E-state index contributed by atoms with van der Waals surface area (Å²) in [6.45, 7) is 6.58. The van der Waals surface area contributed by atoms with Crippen molar-refractivity contribution in [3.05, 3.63) is 65.7 Å². The molecule has 1 aliphatic rings. The van der Waals surface area contributed by atoms with Crippen molar-refractivity contribution in [2.24, 2.45) is 0 Å². The van der Waals surface area contributed by atoms with E-state index in [0.717, 1.165) is 30.5 Å². The molecule has 5 nitrogen and oxygen atoms in total. The molecule has 0 saturated carbocycles. The SMILES string of the molecule is CC(C)N1CC[C@@H](N(C)C(=O)c2ccc(Cn3cnc4ccccc43)c(F)c2)C1. The number of para-hydroxylation sites is 2. The summed E-state index contributed by atoms with van der Waals surface area (Å²) < 4.78 is 16.7. The molecule has 0 bridgehead atoms. The number of carbonyl (C=O) groups excluding carboxylic acids is 1. The highest BCUT2D eigenvalue weighted by Gasteiger charge is 2.30. The van der Waals surface area contributed by atoms with Gasteiger partial charge in [-0.3, -0.25) is 9.69 Å². The molecule has 2 heterocycles. The lowest BCUT2D eigenvalue weighted by atomic mass is 10.1. The zero-order valence-corrected chi connectivity index (χ0v) is 17.2. The fourth-order valence-corrected chi connectivity index (χ4v) is 4.05. The molecule has 0 unspecified atom stereocenters. The van der Waals surface area contributed by atoms with Crippen LogP contribution in [-0.2, 0) is 6.54 Å². The minimum atomic E-state index is -0.364. The Kier molecular flexibility index (Phi) is 5.37. The van der Waals surface area contributed by atoms with Gasteiger partial charge in [0.25, 0.3) is 5.91 Å². The summed E-state index contributed by atoms with van der Waals surface area (Å²) in [4.78, 5) is 21.4. The summed E-state index contributed by atoms with van der Waals surface area (Å²) in [5.41, 5.74) is 2.78. The predicted molar refractivity (Wildman–Crippen MR) is 112 cm³/mol. The first-order valence-electron chi connectivity index (χ1n) is 10.1. The largest absolute Gasteiger partial charge is 0.337 e. The monoisotopic (exact) mass is 394 g/mol. The number of fused-ring (bicyclic) bond motifs is 1. The summed E-state index contributed by atoms with van der Waals surface area (Å²) in [5.74, 6) is -0.489. The molecule has 2 aromatic carbocycles. The molecule has 1 saturated heterocycles. The summed E-state index contributed by atoms with van der Waals surface area (Å²) in [6, 6.07) is 13.2. The van der Waals surface area contributed by atoms with Crippen LogP contribution in [0.1, 0.15) is 36.2 Å². The fraction of sp³-hybridized carbons (Fsp3) is 0.391. The number of likely N-dealkylation sites (N-methyl/N-ethyl adjacent to an activating group) is 1. The van der Waals surface area contributed by atoms with Gasteiger partial charge in [-0.05, 0) is 44.5 Å². The van der Waals surface area contributed by atoms with Crippen LogP contribution in [-0.4, -0.2) is 57.5 Å². The highest BCUT2D eigenvalue weighted by molar-refractivity contribution is 5.94. The molecule has 152 valence electrons. The third-order valence-electron chi connectivity index (χ3n) is 5.96. The molecule has 6 heteroatoms. The van der Waals surface area contributed by atoms with E-state index >= 15 is 0 Å². The van der Waals surface area contributed by atoms with E-state index in [0.29, 0.717) is 23.7 Å². The average molecular weight is 394 g/mol. The third kappa shape index (κ3) is 3.90. The van der Waals surface area contributed by atoms with Gasteiger partial charge in [-0.2, -0.15) is 0 Å². The molecule has 0 radical (unpaired) electrons. The Morgan fingerprint density at radius 1 is 1.28 bits per heavy atom. The maximum Gasteiger partial charge on any atom is 0.253 e. The number of hydrogen-bond acceptors (Lipinski definition) is 3. The van der Waals surface area contributed by atoms with E-state index < -0.39 is 0 Å². The molecule has 4 rings (SSSR count). The van der Waals surface area contributed by atoms with Crippen molar-refractivity contribution in [2.75, 3.05) is 20.1 Å². The van der Waals surface area contributed by atoms with E-state index in [9.17, 15) is 9.18 Å². The molecular weight excluding hydrogens is 367 g/mol. The van der Waals surface area contributed by atoms with Gasteiger partial charge >= 0.3 is 0 Å². The van der Waals surface area contributed by atoms with Crippen molar-refractivity contribution < 1.29 is 9.18 Å². The highest BCUT2D eigenvalue weighted by Crippen LogP contribution is 2.21. The molecule has 1 fully saturated rings. The van der Waals surface area contributed by atoms with Crippen LogP contribution in [0, 0.1) is 5.82 Å². The van der Waals surface area contributed by atoms with Crippen molar-refractivity contribution in [1.29, 1.82) is 0 Å². The van der Waals surface area contributed by atoms with Crippen molar-refractivity contribution >= 4 is 16.9 Å². The van der Waals surface area contributed by atoms with E-state index in [1.54, 1.807) is 23.4 Å². The predicted octanol–water partition coefficient (Wildman–Crippen LogP) is 3.78. The van der Waals surface area contributed by atoms with Crippen molar-refractivity contribution in [2.45, 2.75) is 38.9 Å². The number of carbonyl (C=O) groups is 1. The summed E-state index contributed by atoms with van der Waals surface area (Å²) in [5, 5.41) is 0. The topological polar surface area (TPSA) is 41.4 Å². The third-order valence-corrected chi connectivity index (χ3v) is 5.96. The van der Waals surface area contributed by atoms with E-state index in [4.69, 9.17) is 0 Å². The van der Waals surface area contributed by atoms with E-state index in [1.165, 1.54) is 6.07 Å². The van der Waals surface area contributed by atoms with Crippen molar-refractivity contribution in [3.63, 3.8) is 0 Å². The zero-order chi connectivity index (χ0) is 20.5. The second-order valence-corrected chi connectivity index (χ2v) is 8.11. The molecular formula is C23H27FN4O. The van der Waals surface area contributed by atoms with E-state index in [2.05, 4.69) is 23.7 Å². The number of amides is 1. The lowest BCUT2D eigenvalue weighted by Gasteiger charge is -2.26. The number of aromatic nitrogens is 2. The number of likely N-dealkylation sites (tertiary alicyclic amines) is 1. The Bertz CT molecular complexity index is 1030. The van der Waals surface area contributed by atoms with Gasteiger partial charge in [-0.15, -0.1) is 0 Å². The molecule has 3 aromatic rings. The van der Waals surface area contributed by atoms with E-state index in [-0.39, 0.29) is 17.8 Å². The maximum atomic E-state index is 14.8.